The van der Waals surface area contributed by atoms with Crippen LogP contribution in [0, 0.1) is 0 Å². The van der Waals surface area contributed by atoms with Crippen LogP contribution in [-0.2, 0) is 4.79 Å². The molecule has 5 nitrogen and oxygen atoms in total. The molecule has 0 aliphatic carbocycles. The Balaban J connectivity index is 0.00000312. The van der Waals surface area contributed by atoms with Crippen molar-refractivity contribution in [2.24, 2.45) is 5.73 Å². The van der Waals surface area contributed by atoms with Crippen LogP contribution in [0.15, 0.2) is 54.6 Å². The Morgan fingerprint density at radius 1 is 1.12 bits per heavy atom. The first-order chi connectivity index (χ1) is 11.5. The molecule has 0 aliphatic heterocycles. The number of nitrogens with one attached hydrogen (secondary N) is 1. The van der Waals surface area contributed by atoms with Gasteiger partial charge in [-0.05, 0) is 31.5 Å². The van der Waals surface area contributed by atoms with E-state index in [1.165, 1.54) is 6.92 Å². The zero-order valence-electron chi connectivity index (χ0n) is 14.3. The van der Waals surface area contributed by atoms with Crippen LogP contribution in [0.3, 0.4) is 0 Å². The molecule has 0 fully saturated rings. The lowest BCUT2D eigenvalue weighted by Gasteiger charge is -2.17. The molecule has 2 unspecified atom stereocenters. The van der Waals surface area contributed by atoms with Crippen molar-refractivity contribution in [3.63, 3.8) is 0 Å². The van der Waals surface area contributed by atoms with E-state index < -0.39 is 6.10 Å². The van der Waals surface area contributed by atoms with Crippen molar-refractivity contribution in [3.05, 3.63) is 65.7 Å². The van der Waals surface area contributed by atoms with Gasteiger partial charge in [0.2, 0.25) is 0 Å². The van der Waals surface area contributed by atoms with Gasteiger partial charge in [-0.2, -0.15) is 0 Å². The third-order valence-electron chi connectivity index (χ3n) is 3.65. The number of amides is 1. The molecule has 0 aliphatic rings. The van der Waals surface area contributed by atoms with Gasteiger partial charge in [-0.25, -0.2) is 0 Å². The first-order valence-corrected chi connectivity index (χ1v) is 7.83. The van der Waals surface area contributed by atoms with Crippen molar-refractivity contribution in [2.45, 2.75) is 26.0 Å². The summed E-state index contributed by atoms with van der Waals surface area (Å²) >= 11 is 0. The highest BCUT2D eigenvalue weighted by Gasteiger charge is 2.16. The molecule has 0 aromatic heterocycles. The van der Waals surface area contributed by atoms with E-state index in [9.17, 15) is 9.59 Å². The van der Waals surface area contributed by atoms with E-state index in [0.29, 0.717) is 17.9 Å². The highest BCUT2D eigenvalue weighted by Crippen LogP contribution is 2.15. The Morgan fingerprint density at radius 3 is 2.44 bits per heavy atom. The topological polar surface area (TPSA) is 81.4 Å². The molecule has 2 rings (SSSR count). The average Bonchev–Trinajstić information content (AvgIpc) is 2.60. The number of ketones is 1. The number of Topliss-reactive ketones (excluding diaryl/α,β-unsaturated/α-hetero) is 1. The summed E-state index contributed by atoms with van der Waals surface area (Å²) in [6.45, 7) is 3.47. The van der Waals surface area contributed by atoms with Crippen LogP contribution >= 0.6 is 12.4 Å². The number of carbonyl (C=O) groups is 2. The summed E-state index contributed by atoms with van der Waals surface area (Å²) in [6, 6.07) is 16.1. The number of rotatable bonds is 7. The molecule has 0 saturated carbocycles. The molecule has 2 atom stereocenters. The molecule has 3 N–H and O–H groups in total. The van der Waals surface area contributed by atoms with Gasteiger partial charge in [0.25, 0.3) is 5.91 Å². The molecular weight excluding hydrogens is 340 g/mol. The second-order valence-corrected chi connectivity index (χ2v) is 5.61. The molecule has 2 aromatic rings. The Morgan fingerprint density at radius 2 is 1.80 bits per heavy atom. The zero-order valence-corrected chi connectivity index (χ0v) is 15.1. The standard InChI is InChI=1S/C19H22N2O3.ClH/c1-13(22)16-9-6-10-17(11-16)24-14(2)19(23)21-12-18(20)15-7-4-3-5-8-15;/h3-11,14,18H,12,20H2,1-2H3,(H,21,23);1H. The number of carbonyl (C=O) groups excluding carboxylic acids is 2. The lowest BCUT2D eigenvalue weighted by Crippen LogP contribution is -2.39. The van der Waals surface area contributed by atoms with Crippen molar-refractivity contribution in [2.75, 3.05) is 6.54 Å². The van der Waals surface area contributed by atoms with Crippen molar-refractivity contribution in [3.8, 4) is 5.75 Å². The lowest BCUT2D eigenvalue weighted by molar-refractivity contribution is -0.127. The van der Waals surface area contributed by atoms with Crippen molar-refractivity contribution < 1.29 is 14.3 Å². The van der Waals surface area contributed by atoms with Gasteiger partial charge in [0, 0.05) is 18.2 Å². The van der Waals surface area contributed by atoms with Crippen molar-refractivity contribution in [1.82, 2.24) is 5.32 Å². The zero-order chi connectivity index (χ0) is 17.5. The van der Waals surface area contributed by atoms with Crippen molar-refractivity contribution >= 4 is 24.1 Å². The predicted octanol–water partition coefficient (Wildman–Crippen LogP) is 2.89. The van der Waals surface area contributed by atoms with Gasteiger partial charge >= 0.3 is 0 Å². The van der Waals surface area contributed by atoms with Crippen LogP contribution < -0.4 is 15.8 Å². The molecule has 2 aromatic carbocycles. The summed E-state index contributed by atoms with van der Waals surface area (Å²) < 4.78 is 5.60. The number of benzene rings is 2. The first-order valence-electron chi connectivity index (χ1n) is 7.83. The van der Waals surface area contributed by atoms with Gasteiger partial charge in [0.1, 0.15) is 5.75 Å². The molecule has 1 amide bonds. The summed E-state index contributed by atoms with van der Waals surface area (Å²) in [5, 5.41) is 2.78. The molecule has 0 spiro atoms. The second-order valence-electron chi connectivity index (χ2n) is 5.61. The maximum Gasteiger partial charge on any atom is 0.260 e. The van der Waals surface area contributed by atoms with Crippen molar-refractivity contribution in [1.29, 1.82) is 0 Å². The maximum absolute atomic E-state index is 12.1. The van der Waals surface area contributed by atoms with Gasteiger partial charge < -0.3 is 15.8 Å². The van der Waals surface area contributed by atoms with Gasteiger partial charge in [-0.1, -0.05) is 42.5 Å². The molecule has 0 saturated heterocycles. The maximum atomic E-state index is 12.1. The molecule has 25 heavy (non-hydrogen) atoms. The quantitative estimate of drug-likeness (QED) is 0.742. The fourth-order valence-corrected chi connectivity index (χ4v) is 2.22. The van der Waals surface area contributed by atoms with Crippen LogP contribution in [0.25, 0.3) is 0 Å². The number of halogens is 1. The van der Waals surface area contributed by atoms with Gasteiger partial charge in [0.05, 0.1) is 0 Å². The third kappa shape index (κ3) is 6.21. The van der Waals surface area contributed by atoms with E-state index in [-0.39, 0.29) is 30.1 Å². The average molecular weight is 363 g/mol. The minimum absolute atomic E-state index is 0. The molecule has 0 heterocycles. The molecule has 6 heteroatoms. The number of nitrogens with two attached hydrogens (primary N) is 1. The minimum atomic E-state index is -0.685. The Labute approximate surface area is 154 Å². The smallest absolute Gasteiger partial charge is 0.260 e. The normalized spacial score (nSPS) is 12.4. The summed E-state index contributed by atoms with van der Waals surface area (Å²) in [5.41, 5.74) is 7.56. The first kappa shape index (κ1) is 20.7. The molecular formula is C19H23ClN2O3. The Bertz CT molecular complexity index is 707. The summed E-state index contributed by atoms with van der Waals surface area (Å²) in [4.78, 5) is 23.5. The van der Waals surface area contributed by atoms with E-state index in [2.05, 4.69) is 5.32 Å². The van der Waals surface area contributed by atoms with E-state index in [1.54, 1.807) is 31.2 Å². The van der Waals surface area contributed by atoms with Crippen LogP contribution in [0.4, 0.5) is 0 Å². The SMILES string of the molecule is CC(=O)c1cccc(OC(C)C(=O)NCC(N)c2ccccc2)c1.Cl. The van der Waals surface area contributed by atoms with Gasteiger partial charge in [-0.15, -0.1) is 12.4 Å². The highest BCUT2D eigenvalue weighted by molar-refractivity contribution is 5.94. The molecule has 0 radical (unpaired) electrons. The summed E-state index contributed by atoms with van der Waals surface area (Å²) in [5.74, 6) is 0.179. The Kier molecular flexibility index (Phi) is 8.11. The van der Waals surface area contributed by atoms with E-state index >= 15 is 0 Å². The van der Waals surface area contributed by atoms with Crippen LogP contribution in [0.5, 0.6) is 5.75 Å². The monoisotopic (exact) mass is 362 g/mol. The number of ether oxygens (including phenoxy) is 1. The number of hydrogen-bond acceptors (Lipinski definition) is 4. The minimum Gasteiger partial charge on any atom is -0.481 e. The fraction of sp³-hybridized carbons (Fsp3) is 0.263. The van der Waals surface area contributed by atoms with Gasteiger partial charge in [-0.3, -0.25) is 9.59 Å². The van der Waals surface area contributed by atoms with E-state index in [0.717, 1.165) is 5.56 Å². The van der Waals surface area contributed by atoms with Crippen LogP contribution in [0.1, 0.15) is 35.8 Å². The second kappa shape index (κ2) is 9.81. The molecule has 0 bridgehead atoms. The summed E-state index contributed by atoms with van der Waals surface area (Å²) in [6.07, 6.45) is -0.685. The van der Waals surface area contributed by atoms with E-state index in [4.69, 9.17) is 10.5 Å². The number of hydrogen-bond donors (Lipinski definition) is 2. The molecule has 134 valence electrons. The van der Waals surface area contributed by atoms with Crippen LogP contribution in [-0.4, -0.2) is 24.3 Å². The summed E-state index contributed by atoms with van der Waals surface area (Å²) in [7, 11) is 0. The van der Waals surface area contributed by atoms with Crippen LogP contribution in [0.2, 0.25) is 0 Å². The third-order valence-corrected chi connectivity index (χ3v) is 3.65. The Hall–Kier alpha value is -2.37. The predicted molar refractivity (Wildman–Crippen MR) is 100 cm³/mol. The highest BCUT2D eigenvalue weighted by atomic mass is 35.5. The largest absolute Gasteiger partial charge is 0.481 e. The lowest BCUT2D eigenvalue weighted by atomic mass is 10.1. The van der Waals surface area contributed by atoms with E-state index in [1.807, 2.05) is 30.3 Å². The fourth-order valence-electron chi connectivity index (χ4n) is 2.22. The van der Waals surface area contributed by atoms with Gasteiger partial charge in [0.15, 0.2) is 11.9 Å².